The van der Waals surface area contributed by atoms with Gasteiger partial charge in [0.15, 0.2) is 11.5 Å². The maximum absolute atomic E-state index is 12.2. The summed E-state index contributed by atoms with van der Waals surface area (Å²) < 4.78 is 10.3. The van der Waals surface area contributed by atoms with Gasteiger partial charge >= 0.3 is 5.97 Å². The van der Waals surface area contributed by atoms with Crippen LogP contribution in [-0.4, -0.2) is 73.0 Å². The SMILES string of the molecule is CCOC(=O)c1ccc(Nc2ccc(C(=O)NCCN3CCOCC3)nn2)cc1. The number of hydrogen-bond acceptors (Lipinski definition) is 8. The number of nitrogens with zero attached hydrogens (tertiary/aromatic N) is 3. The van der Waals surface area contributed by atoms with Gasteiger partial charge in [-0.15, -0.1) is 10.2 Å². The molecule has 154 valence electrons. The van der Waals surface area contributed by atoms with Gasteiger partial charge in [0.05, 0.1) is 25.4 Å². The lowest BCUT2D eigenvalue weighted by atomic mass is 10.2. The van der Waals surface area contributed by atoms with Crippen LogP contribution in [0, 0.1) is 0 Å². The van der Waals surface area contributed by atoms with Crippen molar-refractivity contribution >= 4 is 23.4 Å². The number of amides is 1. The smallest absolute Gasteiger partial charge is 0.338 e. The Kier molecular flexibility index (Phi) is 7.48. The topological polar surface area (TPSA) is 106 Å². The van der Waals surface area contributed by atoms with E-state index in [2.05, 4.69) is 25.7 Å². The largest absolute Gasteiger partial charge is 0.462 e. The molecule has 1 aliphatic heterocycles. The molecule has 0 saturated carbocycles. The van der Waals surface area contributed by atoms with Gasteiger partial charge in [-0.25, -0.2) is 4.79 Å². The standard InChI is InChI=1S/C20H25N5O4/c1-2-29-20(27)15-3-5-16(6-4-15)22-18-8-7-17(23-24-18)19(26)21-9-10-25-11-13-28-14-12-25/h3-8H,2,9-14H2,1H3,(H,21,26)(H,22,24). The lowest BCUT2D eigenvalue weighted by Gasteiger charge is -2.26. The molecule has 9 heteroatoms. The van der Waals surface area contributed by atoms with Gasteiger partial charge in [0.2, 0.25) is 0 Å². The molecular formula is C20H25N5O4. The second kappa shape index (κ2) is 10.5. The van der Waals surface area contributed by atoms with Crippen LogP contribution in [0.4, 0.5) is 11.5 Å². The van der Waals surface area contributed by atoms with E-state index in [1.807, 2.05) is 0 Å². The van der Waals surface area contributed by atoms with Crippen LogP contribution in [0.25, 0.3) is 0 Å². The summed E-state index contributed by atoms with van der Waals surface area (Å²) in [5, 5.41) is 14.0. The Morgan fingerprint density at radius 3 is 2.52 bits per heavy atom. The predicted octanol–water partition coefficient (Wildman–Crippen LogP) is 1.46. The number of hydrogen-bond donors (Lipinski definition) is 2. The lowest BCUT2D eigenvalue weighted by molar-refractivity contribution is 0.0383. The second-order valence-corrected chi connectivity index (χ2v) is 6.44. The summed E-state index contributed by atoms with van der Waals surface area (Å²) in [5.74, 6) is -0.113. The van der Waals surface area contributed by atoms with Gasteiger partial charge in [-0.05, 0) is 43.3 Å². The van der Waals surface area contributed by atoms with Crippen LogP contribution in [0.15, 0.2) is 36.4 Å². The van der Waals surface area contributed by atoms with E-state index >= 15 is 0 Å². The molecule has 9 nitrogen and oxygen atoms in total. The summed E-state index contributed by atoms with van der Waals surface area (Å²) in [6.45, 7) is 6.67. The van der Waals surface area contributed by atoms with E-state index in [-0.39, 0.29) is 17.6 Å². The molecule has 0 unspecified atom stereocenters. The molecule has 1 aliphatic rings. The molecule has 1 aromatic heterocycles. The van der Waals surface area contributed by atoms with E-state index in [1.165, 1.54) is 0 Å². The summed E-state index contributed by atoms with van der Waals surface area (Å²) in [5.41, 5.74) is 1.48. The van der Waals surface area contributed by atoms with Crippen molar-refractivity contribution in [2.24, 2.45) is 0 Å². The van der Waals surface area contributed by atoms with E-state index < -0.39 is 0 Å². The quantitative estimate of drug-likeness (QED) is 0.643. The number of nitrogens with one attached hydrogen (secondary N) is 2. The zero-order valence-electron chi connectivity index (χ0n) is 16.4. The van der Waals surface area contributed by atoms with Crippen LogP contribution < -0.4 is 10.6 Å². The fourth-order valence-corrected chi connectivity index (χ4v) is 2.81. The first kappa shape index (κ1) is 20.7. The molecule has 0 radical (unpaired) electrons. The summed E-state index contributed by atoms with van der Waals surface area (Å²) >= 11 is 0. The van der Waals surface area contributed by atoms with Gasteiger partial charge < -0.3 is 20.1 Å². The molecule has 3 rings (SSSR count). The highest BCUT2D eigenvalue weighted by atomic mass is 16.5. The molecule has 2 aromatic rings. The number of morpholine rings is 1. The van der Waals surface area contributed by atoms with Gasteiger partial charge in [0, 0.05) is 31.9 Å². The summed E-state index contributed by atoms with van der Waals surface area (Å²) in [6, 6.07) is 10.1. The van der Waals surface area contributed by atoms with Crippen LogP contribution in [0.2, 0.25) is 0 Å². The van der Waals surface area contributed by atoms with Gasteiger partial charge in [0.1, 0.15) is 0 Å². The normalized spacial score (nSPS) is 14.2. The van der Waals surface area contributed by atoms with Crippen molar-refractivity contribution in [2.45, 2.75) is 6.92 Å². The molecule has 2 N–H and O–H groups in total. The number of rotatable bonds is 8. The third-order valence-electron chi connectivity index (χ3n) is 4.38. The fourth-order valence-electron chi connectivity index (χ4n) is 2.81. The van der Waals surface area contributed by atoms with Crippen molar-refractivity contribution in [1.82, 2.24) is 20.4 Å². The number of benzene rings is 1. The third-order valence-corrected chi connectivity index (χ3v) is 4.38. The van der Waals surface area contributed by atoms with Gasteiger partial charge in [-0.3, -0.25) is 9.69 Å². The lowest BCUT2D eigenvalue weighted by Crippen LogP contribution is -2.41. The minimum Gasteiger partial charge on any atom is -0.462 e. The van der Waals surface area contributed by atoms with Crippen LogP contribution in [-0.2, 0) is 9.47 Å². The highest BCUT2D eigenvalue weighted by Crippen LogP contribution is 2.15. The van der Waals surface area contributed by atoms with E-state index in [9.17, 15) is 9.59 Å². The first-order valence-electron chi connectivity index (χ1n) is 9.62. The molecule has 1 saturated heterocycles. The molecule has 1 fully saturated rings. The van der Waals surface area contributed by atoms with Crippen molar-refractivity contribution in [2.75, 3.05) is 51.3 Å². The molecule has 1 amide bonds. The zero-order chi connectivity index (χ0) is 20.5. The Balaban J connectivity index is 1.47. The Labute approximate surface area is 169 Å². The summed E-state index contributed by atoms with van der Waals surface area (Å²) in [7, 11) is 0. The van der Waals surface area contributed by atoms with Crippen molar-refractivity contribution in [3.8, 4) is 0 Å². The van der Waals surface area contributed by atoms with E-state index in [0.29, 0.717) is 24.5 Å². The van der Waals surface area contributed by atoms with Crippen LogP contribution in [0.1, 0.15) is 27.8 Å². The molecule has 0 bridgehead atoms. The van der Waals surface area contributed by atoms with Crippen molar-refractivity contribution < 1.29 is 19.1 Å². The molecule has 2 heterocycles. The van der Waals surface area contributed by atoms with E-state index in [4.69, 9.17) is 9.47 Å². The van der Waals surface area contributed by atoms with Crippen LogP contribution >= 0.6 is 0 Å². The minimum absolute atomic E-state index is 0.254. The predicted molar refractivity (Wildman–Crippen MR) is 107 cm³/mol. The second-order valence-electron chi connectivity index (χ2n) is 6.44. The Hall–Kier alpha value is -3.04. The summed E-state index contributed by atoms with van der Waals surface area (Å²) in [6.07, 6.45) is 0. The van der Waals surface area contributed by atoms with Crippen molar-refractivity contribution in [3.63, 3.8) is 0 Å². The zero-order valence-corrected chi connectivity index (χ0v) is 16.4. The Morgan fingerprint density at radius 1 is 1.10 bits per heavy atom. The molecule has 0 atom stereocenters. The molecule has 0 aliphatic carbocycles. The van der Waals surface area contributed by atoms with Gasteiger partial charge in [0.25, 0.3) is 5.91 Å². The molecule has 29 heavy (non-hydrogen) atoms. The number of anilines is 2. The van der Waals surface area contributed by atoms with Crippen LogP contribution in [0.5, 0.6) is 0 Å². The third kappa shape index (κ3) is 6.23. The highest BCUT2D eigenvalue weighted by Gasteiger charge is 2.12. The number of aromatic nitrogens is 2. The Morgan fingerprint density at radius 2 is 1.86 bits per heavy atom. The minimum atomic E-state index is -0.358. The average molecular weight is 399 g/mol. The molecule has 1 aromatic carbocycles. The monoisotopic (exact) mass is 399 g/mol. The van der Waals surface area contributed by atoms with Crippen molar-refractivity contribution in [3.05, 3.63) is 47.7 Å². The first-order valence-corrected chi connectivity index (χ1v) is 9.62. The molecular weight excluding hydrogens is 374 g/mol. The average Bonchev–Trinajstić information content (AvgIpc) is 2.75. The van der Waals surface area contributed by atoms with E-state index in [1.54, 1.807) is 43.3 Å². The van der Waals surface area contributed by atoms with E-state index in [0.717, 1.165) is 38.5 Å². The number of carbonyl (C=O) groups excluding carboxylic acids is 2. The maximum Gasteiger partial charge on any atom is 0.338 e. The van der Waals surface area contributed by atoms with Crippen LogP contribution in [0.3, 0.4) is 0 Å². The van der Waals surface area contributed by atoms with Gasteiger partial charge in [-0.1, -0.05) is 0 Å². The number of ether oxygens (including phenoxy) is 2. The van der Waals surface area contributed by atoms with Gasteiger partial charge in [-0.2, -0.15) is 0 Å². The fraction of sp³-hybridized carbons (Fsp3) is 0.400. The first-order chi connectivity index (χ1) is 14.2. The molecule has 0 spiro atoms. The summed E-state index contributed by atoms with van der Waals surface area (Å²) in [4.78, 5) is 26.1. The highest BCUT2D eigenvalue weighted by molar-refractivity contribution is 5.92. The number of carbonyl (C=O) groups is 2. The maximum atomic E-state index is 12.2. The van der Waals surface area contributed by atoms with Crippen molar-refractivity contribution in [1.29, 1.82) is 0 Å². The number of esters is 1. The Bertz CT molecular complexity index is 805.